The van der Waals surface area contributed by atoms with E-state index in [0.717, 1.165) is 48.5 Å². The standard InChI is InChI=1S/2C13H15.2C7H5F3O.2CH3.Si.Zr/c2*1-9(2)11-4-5-12-6-10(3)7-13(12)8-11;2*8-7(9,10)5-1-3-6(11)4-2-5;;;;/h2*4-9H,1-3H3;2*1-4,11H;2*1H3;;/q2*-1;;;2*-1;;. The van der Waals surface area contributed by atoms with Gasteiger partial charge in [-0.15, -0.1) is 81.2 Å². The third-order valence-corrected chi connectivity index (χ3v) is 7.48. The van der Waals surface area contributed by atoms with E-state index in [1.54, 1.807) is 0 Å². The van der Waals surface area contributed by atoms with Gasteiger partial charge in [-0.05, 0) is 60.4 Å². The molecule has 2 radical (unpaired) electrons. The molecule has 0 aliphatic rings. The van der Waals surface area contributed by atoms with Crippen molar-refractivity contribution < 1.29 is 59.9 Å². The Kier molecular flexibility index (Phi) is 20.3. The first kappa shape index (κ1) is 48.4. The predicted octanol–water partition coefficient (Wildman–Crippen LogP) is 13.3. The van der Waals surface area contributed by atoms with Gasteiger partial charge in [0.25, 0.3) is 0 Å². The number of hydrogen-bond donors (Lipinski definition) is 2. The topological polar surface area (TPSA) is 40.5 Å². The average molecular weight is 816 g/mol. The van der Waals surface area contributed by atoms with Gasteiger partial charge in [0, 0.05) is 0 Å². The Morgan fingerprint density at radius 1 is 0.519 bits per heavy atom. The van der Waals surface area contributed by atoms with E-state index in [-0.39, 0.29) is 26.4 Å². The molecule has 10 heteroatoms. The molecule has 280 valence electrons. The molecule has 0 bridgehead atoms. The van der Waals surface area contributed by atoms with Crippen molar-refractivity contribution in [1.29, 1.82) is 0 Å². The molecule has 0 aliphatic heterocycles. The summed E-state index contributed by atoms with van der Waals surface area (Å²) in [4.78, 5) is 0. The van der Waals surface area contributed by atoms with Crippen molar-refractivity contribution in [2.45, 2.75) is 65.7 Å². The molecule has 0 atom stereocenters. The zero-order valence-electron chi connectivity index (χ0n) is 30.7. The van der Waals surface area contributed by atoms with Gasteiger partial charge in [0.15, 0.2) is 0 Å². The van der Waals surface area contributed by atoms with Crippen molar-refractivity contribution in [3.8, 4) is 11.5 Å². The zero-order valence-corrected chi connectivity index (χ0v) is 34.2. The van der Waals surface area contributed by atoms with Gasteiger partial charge < -0.3 is 25.1 Å². The molecule has 0 heterocycles. The van der Waals surface area contributed by atoms with Crippen LogP contribution in [-0.4, -0.2) is 17.1 Å². The number of alkyl halides is 6. The Hall–Kier alpha value is -3.62. The second kappa shape index (κ2) is 21.8. The number of halogens is 6. The van der Waals surface area contributed by atoms with Crippen LogP contribution < -0.4 is 0 Å². The summed E-state index contributed by atoms with van der Waals surface area (Å²) in [5.74, 6) is 0.912. The van der Waals surface area contributed by atoms with Gasteiger partial charge in [0.05, 0.1) is 11.1 Å². The summed E-state index contributed by atoms with van der Waals surface area (Å²) in [5.41, 5.74) is 4.06. The second-order valence-electron chi connectivity index (χ2n) is 12.2. The minimum absolute atomic E-state index is 0. The van der Waals surface area contributed by atoms with Crippen molar-refractivity contribution in [1.82, 2.24) is 0 Å². The number of aromatic hydroxyl groups is 2. The van der Waals surface area contributed by atoms with Crippen LogP contribution in [0.25, 0.3) is 21.5 Å². The Balaban J connectivity index is 0.000000650. The van der Waals surface area contributed by atoms with Crippen molar-refractivity contribution >= 4 is 28.4 Å². The molecule has 0 unspecified atom stereocenters. The summed E-state index contributed by atoms with van der Waals surface area (Å²) in [6.45, 7) is 16.3. The molecule has 0 fully saturated rings. The second-order valence-corrected chi connectivity index (χ2v) is 12.2. The molecular formula is C42H46F6O2SiZr-4. The van der Waals surface area contributed by atoms with Crippen molar-refractivity contribution in [2.75, 3.05) is 0 Å². The van der Waals surface area contributed by atoms with Crippen molar-refractivity contribution in [3.05, 3.63) is 157 Å². The first-order valence-corrected chi connectivity index (χ1v) is 19.8. The van der Waals surface area contributed by atoms with E-state index >= 15 is 0 Å². The quantitative estimate of drug-likeness (QED) is 0.104. The van der Waals surface area contributed by atoms with Gasteiger partial charge in [0.1, 0.15) is 11.5 Å². The Morgan fingerprint density at radius 2 is 0.808 bits per heavy atom. The van der Waals surface area contributed by atoms with Crippen LogP contribution in [0.4, 0.5) is 26.3 Å². The molecule has 0 spiro atoms. The molecule has 6 aromatic carbocycles. The van der Waals surface area contributed by atoms with E-state index < -0.39 is 23.5 Å². The van der Waals surface area contributed by atoms with E-state index in [0.29, 0.717) is 11.8 Å². The van der Waals surface area contributed by atoms with Crippen LogP contribution in [0.15, 0.2) is 109 Å². The minimum atomic E-state index is -4.33. The summed E-state index contributed by atoms with van der Waals surface area (Å²) < 4.78 is 71.0. The fraction of sp³-hybridized carbons (Fsp3) is 0.238. The van der Waals surface area contributed by atoms with E-state index in [2.05, 4.69) is 109 Å². The number of phenolic OH excluding ortho intramolecular Hbond substituents is 2. The van der Waals surface area contributed by atoms with Crippen LogP contribution in [0.2, 0.25) is 0 Å². The maximum atomic E-state index is 11.8. The monoisotopic (exact) mass is 814 g/mol. The molecule has 6 aromatic rings. The molecular weight excluding hydrogens is 770 g/mol. The molecule has 2 nitrogen and oxygen atoms in total. The van der Waals surface area contributed by atoms with Crippen LogP contribution in [0.3, 0.4) is 0 Å². The van der Waals surface area contributed by atoms with E-state index in [9.17, 15) is 26.3 Å². The number of hydrogen-bond acceptors (Lipinski definition) is 2. The number of rotatable bonds is 2. The number of aryl methyl sites for hydroxylation is 2. The fourth-order valence-electron chi connectivity index (χ4n) is 4.78. The normalized spacial score (nSPS) is 10.6. The molecule has 2 N–H and O–H groups in total. The Labute approximate surface area is 321 Å². The number of benzene rings is 4. The third-order valence-electron chi connectivity index (χ3n) is 7.48. The van der Waals surface area contributed by atoms with Crippen LogP contribution in [-0.2, 0) is 35.7 Å². The van der Waals surface area contributed by atoms with Gasteiger partial charge in [-0.3, -0.25) is 0 Å². The van der Waals surface area contributed by atoms with E-state index in [1.165, 1.54) is 67.1 Å². The third kappa shape index (κ3) is 15.5. The van der Waals surface area contributed by atoms with Gasteiger partial charge in [-0.2, -0.15) is 38.5 Å². The predicted molar refractivity (Wildman–Crippen MR) is 202 cm³/mol. The Morgan fingerprint density at radius 3 is 1.06 bits per heavy atom. The van der Waals surface area contributed by atoms with Gasteiger partial charge in [0.2, 0.25) is 0 Å². The van der Waals surface area contributed by atoms with E-state index in [1.807, 2.05) is 0 Å². The summed E-state index contributed by atoms with van der Waals surface area (Å²) in [7, 11) is 0. The number of phenols is 2. The Bertz CT molecular complexity index is 1760. The van der Waals surface area contributed by atoms with Crippen LogP contribution >= 0.6 is 0 Å². The zero-order chi connectivity index (χ0) is 37.8. The summed E-state index contributed by atoms with van der Waals surface area (Å²) >= 11 is 1.36. The first-order chi connectivity index (χ1) is 23.3. The molecule has 0 aromatic heterocycles. The summed E-state index contributed by atoms with van der Waals surface area (Å²) in [6, 6.07) is 29.8. The van der Waals surface area contributed by atoms with Gasteiger partial charge in [-0.1, -0.05) is 52.7 Å². The van der Waals surface area contributed by atoms with Gasteiger partial charge in [-0.25, -0.2) is 0 Å². The van der Waals surface area contributed by atoms with Crippen molar-refractivity contribution in [3.63, 3.8) is 0 Å². The summed E-state index contributed by atoms with van der Waals surface area (Å²) in [6.07, 6.45) is -8.65. The summed E-state index contributed by atoms with van der Waals surface area (Å²) in [5, 5.41) is 22.8. The molecule has 52 heavy (non-hydrogen) atoms. The van der Waals surface area contributed by atoms with Crippen molar-refractivity contribution in [2.24, 2.45) is 0 Å². The maximum absolute atomic E-state index is 11.8. The fourth-order valence-corrected chi connectivity index (χ4v) is 4.78. The van der Waals surface area contributed by atoms with Gasteiger partial charge >= 0.3 is 42.6 Å². The van der Waals surface area contributed by atoms with E-state index in [4.69, 9.17) is 10.2 Å². The van der Waals surface area contributed by atoms with Crippen LogP contribution in [0, 0.1) is 28.7 Å². The first-order valence-electron chi connectivity index (χ1n) is 15.6. The molecule has 0 saturated carbocycles. The number of fused-ring (bicyclic) bond motifs is 2. The van der Waals surface area contributed by atoms with Crippen LogP contribution in [0.1, 0.15) is 72.9 Å². The molecule has 6 rings (SSSR count). The average Bonchev–Trinajstić information content (AvgIpc) is 3.61. The molecule has 0 aliphatic carbocycles. The molecule has 0 saturated heterocycles. The molecule has 0 amide bonds. The van der Waals surface area contributed by atoms with Crippen LogP contribution in [0.5, 0.6) is 11.5 Å². The SMILES string of the molecule is Cc1cc2cc(C(C)C)ccc2[cH-]1.Cc1cc2cc(C(C)C)ccc2[cH-]1.Oc1ccc(C(F)(F)F)cc1.Oc1ccc(C(F)(F)F)cc1.[CH3-].[CH3-].[Si]=[Zr].